The molecule has 0 radical (unpaired) electrons. The van der Waals surface area contributed by atoms with Gasteiger partial charge in [-0.05, 0) is 6.42 Å². The summed E-state index contributed by atoms with van der Waals surface area (Å²) in [6, 6.07) is 0. The van der Waals surface area contributed by atoms with Crippen molar-refractivity contribution in [3.8, 4) is 0 Å². The van der Waals surface area contributed by atoms with Crippen LogP contribution in [0.25, 0.3) is 0 Å². The number of aliphatic carboxylic acids is 1. The van der Waals surface area contributed by atoms with Gasteiger partial charge in [0, 0.05) is 6.92 Å². The van der Waals surface area contributed by atoms with Gasteiger partial charge < -0.3 is 5.11 Å². The van der Waals surface area contributed by atoms with Crippen molar-refractivity contribution in [1.29, 1.82) is 5.41 Å². The minimum Gasteiger partial charge on any atom is -0.481 e. The maximum Gasteiger partial charge on any atom is 0.314 e. The molecule has 0 fully saturated rings. The Hall–Kier alpha value is -0.510. The number of hydrogen-bond acceptors (Lipinski definition) is 4. The Labute approximate surface area is 116 Å². The molecule has 19 heavy (non-hydrogen) atoms. The number of carboxylic acid groups (broad SMARTS) is 1. The molecule has 0 aliphatic rings. The number of hydrogen-bond donors (Lipinski definition) is 4. The molecule has 0 saturated heterocycles. The van der Waals surface area contributed by atoms with E-state index >= 15 is 0 Å². The van der Waals surface area contributed by atoms with Crippen LogP contribution in [0.1, 0.15) is 58.8 Å². The van der Waals surface area contributed by atoms with E-state index in [1.165, 1.54) is 26.2 Å². The Kier molecular flexibility index (Phi) is 9.15. The van der Waals surface area contributed by atoms with Crippen LogP contribution < -0.4 is 0 Å². The van der Waals surface area contributed by atoms with Gasteiger partial charge in [0.05, 0.1) is 5.92 Å². The maximum atomic E-state index is 11.1. The number of unbranched alkanes of at least 4 members (excludes halogenated alkanes) is 5. The molecule has 0 bridgehead atoms. The molecule has 1 unspecified atom stereocenters. The second kappa shape index (κ2) is 9.40. The molecule has 0 rings (SSSR count). The lowest BCUT2D eigenvalue weighted by molar-refractivity contribution is -0.141. The molecule has 5 nitrogen and oxygen atoms in total. The zero-order valence-corrected chi connectivity index (χ0v) is 12.8. The summed E-state index contributed by atoms with van der Waals surface area (Å²) < 4.78 is 0. The highest BCUT2D eigenvalue weighted by atomic mass is 31.2. The fourth-order valence-corrected chi connectivity index (χ4v) is 3.14. The van der Waals surface area contributed by atoms with Crippen LogP contribution in [-0.4, -0.2) is 32.5 Å². The third kappa shape index (κ3) is 8.30. The van der Waals surface area contributed by atoms with Crippen molar-refractivity contribution in [2.24, 2.45) is 5.92 Å². The molecule has 1 atom stereocenters. The van der Waals surface area contributed by atoms with Gasteiger partial charge in [0.15, 0.2) is 0 Å². The molecule has 0 saturated carbocycles. The summed E-state index contributed by atoms with van der Waals surface area (Å²) in [5.41, 5.74) is -0.207. The van der Waals surface area contributed by atoms with Crippen LogP contribution in [-0.2, 0) is 4.79 Å². The lowest BCUT2D eigenvalue weighted by Gasteiger charge is -2.16. The minimum atomic E-state index is -3.49. The second-order valence-corrected chi connectivity index (χ2v) is 7.59. The maximum absolute atomic E-state index is 11.1. The van der Waals surface area contributed by atoms with Crippen LogP contribution in [0.4, 0.5) is 0 Å². The molecule has 0 aromatic rings. The first-order valence-electron chi connectivity index (χ1n) is 6.93. The van der Waals surface area contributed by atoms with Crippen molar-refractivity contribution in [3.05, 3.63) is 0 Å². The molecule has 0 aromatic heterocycles. The summed E-state index contributed by atoms with van der Waals surface area (Å²) in [6.07, 6.45) is 6.68. The summed E-state index contributed by atoms with van der Waals surface area (Å²) in [7, 11) is -3.49. The SMILES string of the molecule is CCCCCCCCC(C[P+](O)(O)C(C)=N)C(=O)O. The third-order valence-electron chi connectivity index (χ3n) is 3.27. The first-order valence-corrected chi connectivity index (χ1v) is 8.81. The summed E-state index contributed by atoms with van der Waals surface area (Å²) in [6.45, 7) is 3.46. The fourth-order valence-electron chi connectivity index (χ4n) is 1.91. The van der Waals surface area contributed by atoms with E-state index in [4.69, 9.17) is 10.5 Å². The largest absolute Gasteiger partial charge is 0.481 e. The molecular formula is C13H27NO4P+. The molecular weight excluding hydrogens is 265 g/mol. The van der Waals surface area contributed by atoms with E-state index < -0.39 is 19.6 Å². The Morgan fingerprint density at radius 1 is 1.16 bits per heavy atom. The fraction of sp³-hybridized carbons (Fsp3) is 0.846. The van der Waals surface area contributed by atoms with Crippen molar-refractivity contribution in [1.82, 2.24) is 0 Å². The van der Waals surface area contributed by atoms with E-state index in [0.717, 1.165) is 19.3 Å². The van der Waals surface area contributed by atoms with Crippen molar-refractivity contribution >= 4 is 19.1 Å². The molecule has 112 valence electrons. The second-order valence-electron chi connectivity index (χ2n) is 5.09. The van der Waals surface area contributed by atoms with Crippen LogP contribution in [0, 0.1) is 11.3 Å². The van der Waals surface area contributed by atoms with Gasteiger partial charge in [-0.25, -0.2) is 9.79 Å². The third-order valence-corrected chi connectivity index (χ3v) is 5.29. The van der Waals surface area contributed by atoms with E-state index in [1.54, 1.807) is 0 Å². The first kappa shape index (κ1) is 18.5. The zero-order chi connectivity index (χ0) is 14.9. The predicted octanol–water partition coefficient (Wildman–Crippen LogP) is 3.27. The predicted molar refractivity (Wildman–Crippen MR) is 78.7 cm³/mol. The van der Waals surface area contributed by atoms with Gasteiger partial charge in [-0.2, -0.15) is 0 Å². The van der Waals surface area contributed by atoms with Crippen molar-refractivity contribution < 1.29 is 19.7 Å². The van der Waals surface area contributed by atoms with Crippen molar-refractivity contribution in [3.63, 3.8) is 0 Å². The number of rotatable bonds is 11. The van der Waals surface area contributed by atoms with Gasteiger partial charge in [0.1, 0.15) is 6.16 Å². The normalized spacial score (nSPS) is 13.3. The smallest absolute Gasteiger partial charge is 0.314 e. The number of carbonyl (C=O) groups is 1. The molecule has 0 aromatic carbocycles. The van der Waals surface area contributed by atoms with Gasteiger partial charge in [-0.15, -0.1) is 0 Å². The van der Waals surface area contributed by atoms with E-state index in [0.29, 0.717) is 6.42 Å². The average Bonchev–Trinajstić information content (AvgIpc) is 2.31. The molecule has 0 spiro atoms. The Morgan fingerprint density at radius 3 is 2.16 bits per heavy atom. The van der Waals surface area contributed by atoms with Gasteiger partial charge >= 0.3 is 13.7 Å². The van der Waals surface area contributed by atoms with Gasteiger partial charge in [-0.3, -0.25) is 10.2 Å². The Bertz CT molecular complexity index is 294. The van der Waals surface area contributed by atoms with E-state index in [-0.39, 0.29) is 11.6 Å². The van der Waals surface area contributed by atoms with Crippen LogP contribution in [0.2, 0.25) is 0 Å². The van der Waals surface area contributed by atoms with Crippen molar-refractivity contribution in [2.45, 2.75) is 58.8 Å². The molecule has 0 aliphatic carbocycles. The van der Waals surface area contributed by atoms with E-state index in [9.17, 15) is 14.6 Å². The van der Waals surface area contributed by atoms with Crippen LogP contribution in [0.5, 0.6) is 0 Å². The van der Waals surface area contributed by atoms with Gasteiger partial charge in [0.2, 0.25) is 5.45 Å². The monoisotopic (exact) mass is 292 g/mol. The minimum absolute atomic E-state index is 0.202. The highest BCUT2D eigenvalue weighted by Crippen LogP contribution is 2.52. The lowest BCUT2D eigenvalue weighted by Crippen LogP contribution is -2.22. The Balaban J connectivity index is 4.07. The lowest BCUT2D eigenvalue weighted by atomic mass is 10.0. The van der Waals surface area contributed by atoms with Gasteiger partial charge in [-0.1, -0.05) is 45.4 Å². The highest BCUT2D eigenvalue weighted by molar-refractivity contribution is 7.81. The standard InChI is InChI=1S/C13H26NO4P/c1-3-4-5-6-7-8-9-12(13(15)16)10-19(17,18)11(2)14/h12,14,17-18H,3-10H2,1-2H3/p+1. The summed E-state index contributed by atoms with van der Waals surface area (Å²) in [4.78, 5) is 30.4. The average molecular weight is 292 g/mol. The topological polar surface area (TPSA) is 102 Å². The molecule has 0 amide bonds. The molecule has 0 heterocycles. The first-order chi connectivity index (χ1) is 8.81. The summed E-state index contributed by atoms with van der Waals surface area (Å²) >= 11 is 0. The number of carboxylic acids is 1. The van der Waals surface area contributed by atoms with Gasteiger partial charge in [0.25, 0.3) is 0 Å². The summed E-state index contributed by atoms with van der Waals surface area (Å²) in [5, 5.41) is 16.4. The summed E-state index contributed by atoms with van der Waals surface area (Å²) in [5.74, 6) is -1.75. The number of nitrogens with one attached hydrogen (secondary N) is 1. The zero-order valence-electron chi connectivity index (χ0n) is 11.9. The molecule has 6 heteroatoms. The molecule has 4 N–H and O–H groups in total. The quantitative estimate of drug-likeness (QED) is 0.267. The highest BCUT2D eigenvalue weighted by Gasteiger charge is 2.42. The van der Waals surface area contributed by atoms with E-state index in [1.807, 2.05) is 0 Å². The van der Waals surface area contributed by atoms with Crippen LogP contribution in [0.3, 0.4) is 0 Å². The molecule has 0 aliphatic heterocycles. The van der Waals surface area contributed by atoms with Crippen LogP contribution in [0.15, 0.2) is 0 Å². The van der Waals surface area contributed by atoms with Crippen molar-refractivity contribution in [2.75, 3.05) is 6.16 Å². The Morgan fingerprint density at radius 2 is 1.68 bits per heavy atom. The van der Waals surface area contributed by atoms with E-state index in [2.05, 4.69) is 6.92 Å². The van der Waals surface area contributed by atoms with Crippen LogP contribution >= 0.6 is 7.72 Å².